The summed E-state index contributed by atoms with van der Waals surface area (Å²) in [6, 6.07) is 0. The molecule has 1 aliphatic heterocycles. The smallest absolute Gasteiger partial charge is 0.291 e. The Morgan fingerprint density at radius 1 is 1.16 bits per heavy atom. The fraction of sp³-hybridized carbons (Fsp3) is 0.647. The Balaban J connectivity index is 3.15. The number of nitrogens with zero attached hydrogens (tertiary/aromatic N) is 3. The molecule has 1 fully saturated rings. The van der Waals surface area contributed by atoms with E-state index in [1.807, 2.05) is 4.90 Å². The van der Waals surface area contributed by atoms with Crippen molar-refractivity contribution in [2.45, 2.75) is 39.4 Å². The molecule has 0 radical (unpaired) electrons. The predicted octanol–water partition coefficient (Wildman–Crippen LogP) is 3.13. The molecule has 1 saturated heterocycles. The van der Waals surface area contributed by atoms with Gasteiger partial charge in [0.2, 0.25) is 0 Å². The summed E-state index contributed by atoms with van der Waals surface area (Å²) in [5.74, 6) is 3.67. The summed E-state index contributed by atoms with van der Waals surface area (Å²) in [6.45, 7) is 12.1. The van der Waals surface area contributed by atoms with Gasteiger partial charge in [0.25, 0.3) is 0 Å². The molecule has 0 aliphatic carbocycles. The van der Waals surface area contributed by atoms with Crippen LogP contribution >= 0.6 is 0 Å². The molecule has 0 aromatic heterocycles. The summed E-state index contributed by atoms with van der Waals surface area (Å²) in [7, 11) is -2.30. The van der Waals surface area contributed by atoms with E-state index in [-0.39, 0.29) is 5.57 Å². The van der Waals surface area contributed by atoms with Gasteiger partial charge in [-0.15, -0.1) is 0 Å². The number of hydrogen-bond acceptors (Lipinski definition) is 3. The van der Waals surface area contributed by atoms with E-state index in [1.54, 1.807) is 38.3 Å². The lowest BCUT2D eigenvalue weighted by atomic mass is 9.86. The molecule has 1 heterocycles. The summed E-state index contributed by atoms with van der Waals surface area (Å²) in [4.78, 5) is 6.02. The van der Waals surface area contributed by atoms with Crippen LogP contribution in [0.3, 0.4) is 0 Å². The van der Waals surface area contributed by atoms with Crippen molar-refractivity contribution >= 4 is 21.3 Å². The van der Waals surface area contributed by atoms with Crippen LogP contribution < -0.4 is 0 Å². The van der Waals surface area contributed by atoms with Gasteiger partial charge in [-0.2, -0.15) is 13.2 Å². The molecule has 0 spiro atoms. The van der Waals surface area contributed by atoms with Crippen molar-refractivity contribution in [1.82, 2.24) is 9.21 Å². The molecule has 1 aliphatic rings. The second kappa shape index (κ2) is 7.63. The Morgan fingerprint density at radius 2 is 1.64 bits per heavy atom. The Bertz CT molecular complexity index is 664. The lowest BCUT2D eigenvalue weighted by Gasteiger charge is -2.45. The minimum atomic E-state index is -4.52. The minimum absolute atomic E-state index is 0.0431. The largest absolute Gasteiger partial charge is 0.416 e. The Morgan fingerprint density at radius 3 is 2.00 bits per heavy atom. The van der Waals surface area contributed by atoms with Crippen LogP contribution in [0.4, 0.5) is 13.2 Å². The standard InChI is InChI=1S/C17H28F3N3OS/c1-13(2)21-12-15(14(3)17(18,19)20)16(4,5)22-8-10-23(11-9-22)25(6,7)24/h12H,3,6,8-11H2,1-2,4-5,7H3/b15-12+. The predicted molar refractivity (Wildman–Crippen MR) is 100 cm³/mol. The van der Waals surface area contributed by atoms with Gasteiger partial charge < -0.3 is 0 Å². The maximum Gasteiger partial charge on any atom is 0.416 e. The highest BCUT2D eigenvalue weighted by molar-refractivity contribution is 7.97. The quantitative estimate of drug-likeness (QED) is 0.418. The lowest BCUT2D eigenvalue weighted by Crippen LogP contribution is -2.56. The summed E-state index contributed by atoms with van der Waals surface area (Å²) in [6.07, 6.45) is -1.68. The first-order valence-electron chi connectivity index (χ1n) is 7.98. The van der Waals surface area contributed by atoms with E-state index in [0.29, 0.717) is 31.9 Å². The molecular formula is C17H28F3N3OS. The van der Waals surface area contributed by atoms with Crippen LogP contribution in [0.25, 0.3) is 0 Å². The van der Waals surface area contributed by atoms with E-state index in [4.69, 9.17) is 0 Å². The molecule has 1 rings (SSSR count). The highest BCUT2D eigenvalue weighted by Crippen LogP contribution is 2.38. The minimum Gasteiger partial charge on any atom is -0.291 e. The monoisotopic (exact) mass is 379 g/mol. The van der Waals surface area contributed by atoms with E-state index >= 15 is 0 Å². The van der Waals surface area contributed by atoms with E-state index in [1.165, 1.54) is 6.20 Å². The molecule has 0 N–H and O–H groups in total. The maximum atomic E-state index is 13.3. The molecule has 25 heavy (non-hydrogen) atoms. The zero-order chi connectivity index (χ0) is 19.6. The van der Waals surface area contributed by atoms with E-state index in [2.05, 4.69) is 17.4 Å². The SMILES string of the molecule is C=C(/C(=C\N=C(C)C)C(C)(C)N1CCN(S(=C)(C)=O)CC1)C(F)(F)F. The van der Waals surface area contributed by atoms with Crippen LogP contribution in [0.2, 0.25) is 0 Å². The van der Waals surface area contributed by atoms with Crippen molar-refractivity contribution in [2.75, 3.05) is 32.4 Å². The third-order valence-electron chi connectivity index (χ3n) is 4.35. The Hall–Kier alpha value is -1.12. The number of halogens is 3. The van der Waals surface area contributed by atoms with Gasteiger partial charge in [-0.3, -0.25) is 14.1 Å². The first-order valence-corrected chi connectivity index (χ1v) is 10.1. The molecule has 8 heteroatoms. The van der Waals surface area contributed by atoms with Crippen molar-refractivity contribution in [3.63, 3.8) is 0 Å². The van der Waals surface area contributed by atoms with Crippen LogP contribution in [0.5, 0.6) is 0 Å². The van der Waals surface area contributed by atoms with Gasteiger partial charge in [0.05, 0.1) is 5.57 Å². The van der Waals surface area contributed by atoms with E-state index in [9.17, 15) is 17.4 Å². The second-order valence-electron chi connectivity index (χ2n) is 7.03. The Kier molecular flexibility index (Phi) is 6.69. The van der Waals surface area contributed by atoms with Crippen molar-refractivity contribution in [3.8, 4) is 0 Å². The first-order chi connectivity index (χ1) is 11.2. The fourth-order valence-electron chi connectivity index (χ4n) is 2.76. The molecule has 0 aromatic carbocycles. The summed E-state index contributed by atoms with van der Waals surface area (Å²) >= 11 is 0. The van der Waals surface area contributed by atoms with Gasteiger partial charge in [0.15, 0.2) is 0 Å². The number of alkyl halides is 3. The number of rotatable bonds is 5. The van der Waals surface area contributed by atoms with Gasteiger partial charge in [0, 0.05) is 65.2 Å². The summed E-state index contributed by atoms with van der Waals surface area (Å²) in [5.41, 5.74) is -1.09. The van der Waals surface area contributed by atoms with Crippen molar-refractivity contribution in [1.29, 1.82) is 0 Å². The molecule has 0 aromatic rings. The maximum absolute atomic E-state index is 13.3. The highest BCUT2D eigenvalue weighted by Gasteiger charge is 2.43. The zero-order valence-corrected chi connectivity index (χ0v) is 16.4. The molecule has 1 unspecified atom stereocenters. The van der Waals surface area contributed by atoms with Crippen molar-refractivity contribution < 1.29 is 17.4 Å². The Labute approximate surface area is 149 Å². The van der Waals surface area contributed by atoms with Gasteiger partial charge in [-0.25, -0.2) is 4.31 Å². The van der Waals surface area contributed by atoms with Crippen LogP contribution in [0.1, 0.15) is 27.7 Å². The van der Waals surface area contributed by atoms with Gasteiger partial charge in [-0.1, -0.05) is 6.58 Å². The van der Waals surface area contributed by atoms with Crippen LogP contribution in [0, 0.1) is 0 Å². The molecule has 0 amide bonds. The van der Waals surface area contributed by atoms with Crippen LogP contribution in [0.15, 0.2) is 28.9 Å². The number of hydrogen-bond donors (Lipinski definition) is 0. The van der Waals surface area contributed by atoms with Gasteiger partial charge in [0.1, 0.15) is 0 Å². The molecule has 144 valence electrons. The highest BCUT2D eigenvalue weighted by atomic mass is 32.2. The number of piperazine rings is 1. The van der Waals surface area contributed by atoms with Crippen LogP contribution in [-0.4, -0.2) is 69.1 Å². The second-order valence-corrected chi connectivity index (χ2v) is 9.47. The third-order valence-corrected chi connectivity index (χ3v) is 5.81. The molecular weight excluding hydrogens is 351 g/mol. The van der Waals surface area contributed by atoms with Crippen LogP contribution in [-0.2, 0) is 9.71 Å². The van der Waals surface area contributed by atoms with E-state index < -0.39 is 27.0 Å². The molecule has 4 nitrogen and oxygen atoms in total. The first kappa shape index (κ1) is 21.9. The fourth-order valence-corrected chi connectivity index (χ4v) is 3.69. The van der Waals surface area contributed by atoms with Crippen molar-refractivity contribution in [2.24, 2.45) is 4.99 Å². The zero-order valence-electron chi connectivity index (χ0n) is 15.6. The molecule has 0 bridgehead atoms. The third kappa shape index (κ3) is 5.69. The van der Waals surface area contributed by atoms with Gasteiger partial charge in [-0.05, 0) is 33.6 Å². The molecule has 0 saturated carbocycles. The summed E-state index contributed by atoms with van der Waals surface area (Å²) in [5, 5.41) is 0. The lowest BCUT2D eigenvalue weighted by molar-refractivity contribution is -0.0911. The number of aliphatic imine (C=N–C) groups is 1. The topological polar surface area (TPSA) is 35.9 Å². The molecule has 1 atom stereocenters. The van der Waals surface area contributed by atoms with E-state index in [0.717, 1.165) is 0 Å². The van der Waals surface area contributed by atoms with Crippen molar-refractivity contribution in [3.05, 3.63) is 23.9 Å². The normalized spacial score (nSPS) is 20.9. The summed E-state index contributed by atoms with van der Waals surface area (Å²) < 4.78 is 53.7. The average Bonchev–Trinajstić information content (AvgIpc) is 2.45. The van der Waals surface area contributed by atoms with Gasteiger partial charge >= 0.3 is 6.18 Å². The average molecular weight is 379 g/mol.